The summed E-state index contributed by atoms with van der Waals surface area (Å²) in [5, 5.41) is 5.38. The van der Waals surface area contributed by atoms with Gasteiger partial charge >= 0.3 is 12.2 Å². The molecule has 1 aliphatic rings. The van der Waals surface area contributed by atoms with Crippen molar-refractivity contribution in [3.05, 3.63) is 48.3 Å². The van der Waals surface area contributed by atoms with Crippen LogP contribution in [0.4, 0.5) is 29.3 Å². The van der Waals surface area contributed by atoms with Gasteiger partial charge in [-0.1, -0.05) is 38.2 Å². The zero-order valence-corrected chi connectivity index (χ0v) is 18.1. The number of hydrogen-bond donors (Lipinski definition) is 3. The fourth-order valence-corrected chi connectivity index (χ4v) is 4.64. The molecule has 3 rings (SSSR count). The van der Waals surface area contributed by atoms with Gasteiger partial charge in [-0.2, -0.15) is 13.2 Å². The predicted molar refractivity (Wildman–Crippen MR) is 114 cm³/mol. The molecule has 1 heterocycles. The van der Waals surface area contributed by atoms with Crippen molar-refractivity contribution in [2.75, 3.05) is 5.32 Å². The summed E-state index contributed by atoms with van der Waals surface area (Å²) in [6.45, 7) is 0. The number of benzene rings is 1. The van der Waals surface area contributed by atoms with Crippen LogP contribution in [0.25, 0.3) is 0 Å². The summed E-state index contributed by atoms with van der Waals surface area (Å²) in [5.41, 5.74) is -0.843. The minimum atomic E-state index is -4.54. The largest absolute Gasteiger partial charge is 0.416 e. The molecule has 0 spiro atoms. The third-order valence-corrected chi connectivity index (χ3v) is 6.57. The molecular weight excluding hydrogens is 445 g/mol. The van der Waals surface area contributed by atoms with Crippen LogP contribution >= 0.6 is 0 Å². The molecule has 0 bridgehead atoms. The van der Waals surface area contributed by atoms with Crippen molar-refractivity contribution in [3.63, 3.8) is 0 Å². The van der Waals surface area contributed by atoms with Crippen LogP contribution in [-0.2, 0) is 16.2 Å². The molecule has 0 saturated heterocycles. The van der Waals surface area contributed by atoms with E-state index in [0.29, 0.717) is 0 Å². The van der Waals surface area contributed by atoms with Crippen LogP contribution in [0.1, 0.15) is 50.5 Å². The molecule has 1 saturated carbocycles. The quantitative estimate of drug-likeness (QED) is 0.575. The average Bonchev–Trinajstić information content (AvgIpc) is 2.69. The molecule has 3 N–H and O–H groups in total. The second kappa shape index (κ2) is 10.2. The number of pyridine rings is 1. The van der Waals surface area contributed by atoms with E-state index < -0.39 is 27.8 Å². The molecule has 0 atom stereocenters. The highest BCUT2D eigenvalue weighted by atomic mass is 32.2. The van der Waals surface area contributed by atoms with E-state index in [1.54, 1.807) is 0 Å². The standard InChI is InChI=1S/C21H25F3N4O3S/c22-21(23,24)15-7-6-10-17(13-15)26-18-11-12-25-14-19(18)32(30,31)28-20(29)27-16-8-4-2-1-3-5-9-16/h6-7,10-14,16H,1-5,8-9H2,(H,25,26)(H2,27,28,29). The molecular formula is C21H25F3N4O3S. The lowest BCUT2D eigenvalue weighted by atomic mass is 9.97. The highest BCUT2D eigenvalue weighted by molar-refractivity contribution is 7.90. The van der Waals surface area contributed by atoms with Crippen molar-refractivity contribution in [1.29, 1.82) is 0 Å². The number of urea groups is 1. The second-order valence-corrected chi connectivity index (χ2v) is 9.35. The number of carbonyl (C=O) groups excluding carboxylic acids is 1. The van der Waals surface area contributed by atoms with Crippen LogP contribution in [0.2, 0.25) is 0 Å². The van der Waals surface area contributed by atoms with Gasteiger partial charge in [-0.25, -0.2) is 17.9 Å². The molecule has 1 aromatic carbocycles. The molecule has 174 valence electrons. The SMILES string of the molecule is O=C(NC1CCCCCCC1)NS(=O)(=O)c1cnccc1Nc1cccc(C(F)(F)F)c1. The Hall–Kier alpha value is -2.82. The number of hydrogen-bond acceptors (Lipinski definition) is 5. The minimum absolute atomic E-state index is 0.00872. The van der Waals surface area contributed by atoms with Gasteiger partial charge in [-0.05, 0) is 37.1 Å². The zero-order valence-electron chi connectivity index (χ0n) is 17.3. The van der Waals surface area contributed by atoms with E-state index in [2.05, 4.69) is 15.6 Å². The van der Waals surface area contributed by atoms with Gasteiger partial charge in [0.1, 0.15) is 4.90 Å². The Labute approximate surface area is 184 Å². The Balaban J connectivity index is 1.74. The van der Waals surface area contributed by atoms with Gasteiger partial charge in [0.15, 0.2) is 0 Å². The summed E-state index contributed by atoms with van der Waals surface area (Å²) in [4.78, 5) is 15.8. The lowest BCUT2D eigenvalue weighted by Gasteiger charge is -2.21. The van der Waals surface area contributed by atoms with Crippen molar-refractivity contribution in [3.8, 4) is 0 Å². The predicted octanol–water partition coefficient (Wildman–Crippen LogP) is 4.94. The average molecular weight is 471 g/mol. The summed E-state index contributed by atoms with van der Waals surface area (Å²) < 4.78 is 66.5. The van der Waals surface area contributed by atoms with Crippen LogP contribution in [0.5, 0.6) is 0 Å². The summed E-state index contributed by atoms with van der Waals surface area (Å²) in [6.07, 6.45) is 4.60. The highest BCUT2D eigenvalue weighted by Crippen LogP contribution is 2.32. The van der Waals surface area contributed by atoms with Crippen molar-refractivity contribution in [2.24, 2.45) is 0 Å². The van der Waals surface area contributed by atoms with E-state index in [0.717, 1.165) is 63.3 Å². The summed E-state index contributed by atoms with van der Waals surface area (Å²) >= 11 is 0. The molecule has 2 aromatic rings. The van der Waals surface area contributed by atoms with Crippen molar-refractivity contribution in [1.82, 2.24) is 15.0 Å². The number of sulfonamides is 1. The van der Waals surface area contributed by atoms with E-state index in [1.165, 1.54) is 24.4 Å². The fraction of sp³-hybridized carbons (Fsp3) is 0.429. The van der Waals surface area contributed by atoms with Gasteiger partial charge in [-0.3, -0.25) is 4.98 Å². The first-order chi connectivity index (χ1) is 15.1. The number of anilines is 2. The van der Waals surface area contributed by atoms with Gasteiger partial charge in [0.05, 0.1) is 11.3 Å². The Morgan fingerprint density at radius 1 is 1.03 bits per heavy atom. The number of rotatable bonds is 5. The fourth-order valence-electron chi connectivity index (χ4n) is 3.62. The number of carbonyl (C=O) groups is 1. The van der Waals surface area contributed by atoms with Crippen molar-refractivity contribution >= 4 is 27.4 Å². The van der Waals surface area contributed by atoms with Crippen LogP contribution in [0.3, 0.4) is 0 Å². The van der Waals surface area contributed by atoms with Gasteiger partial charge in [0.2, 0.25) is 0 Å². The maximum atomic E-state index is 13.0. The van der Waals surface area contributed by atoms with Gasteiger partial charge < -0.3 is 10.6 Å². The van der Waals surface area contributed by atoms with Gasteiger partial charge in [-0.15, -0.1) is 0 Å². The molecule has 11 heteroatoms. The van der Waals surface area contributed by atoms with E-state index in [4.69, 9.17) is 0 Å². The highest BCUT2D eigenvalue weighted by Gasteiger charge is 2.30. The first kappa shape index (κ1) is 23.8. The monoisotopic (exact) mass is 470 g/mol. The smallest absolute Gasteiger partial charge is 0.354 e. The summed E-state index contributed by atoms with van der Waals surface area (Å²) in [5.74, 6) is 0. The van der Waals surface area contributed by atoms with Crippen LogP contribution in [0, 0.1) is 0 Å². The molecule has 0 aliphatic heterocycles. The molecule has 7 nitrogen and oxygen atoms in total. The number of aromatic nitrogens is 1. The Morgan fingerprint density at radius 2 is 1.72 bits per heavy atom. The second-order valence-electron chi connectivity index (χ2n) is 7.70. The number of nitrogens with zero attached hydrogens (tertiary/aromatic N) is 1. The van der Waals surface area contributed by atoms with Crippen LogP contribution in [-0.4, -0.2) is 25.5 Å². The normalized spacial score (nSPS) is 16.0. The lowest BCUT2D eigenvalue weighted by molar-refractivity contribution is -0.137. The van der Waals surface area contributed by atoms with Crippen molar-refractivity contribution in [2.45, 2.75) is 62.1 Å². The summed E-state index contributed by atoms with van der Waals surface area (Å²) in [7, 11) is -4.33. The Bertz CT molecular complexity index is 1040. The zero-order chi connectivity index (χ0) is 23.2. The van der Waals surface area contributed by atoms with E-state index in [-0.39, 0.29) is 22.3 Å². The summed E-state index contributed by atoms with van der Waals surface area (Å²) in [6, 6.07) is 4.72. The minimum Gasteiger partial charge on any atom is -0.354 e. The molecule has 0 unspecified atom stereocenters. The molecule has 1 aromatic heterocycles. The first-order valence-corrected chi connectivity index (χ1v) is 11.8. The molecule has 1 aliphatic carbocycles. The van der Waals surface area contributed by atoms with Gasteiger partial charge in [0, 0.05) is 24.1 Å². The lowest BCUT2D eigenvalue weighted by Crippen LogP contribution is -2.44. The third-order valence-electron chi connectivity index (χ3n) is 5.21. The van der Waals surface area contributed by atoms with E-state index in [1.807, 2.05) is 4.72 Å². The molecule has 2 amide bonds. The Morgan fingerprint density at radius 3 is 2.41 bits per heavy atom. The van der Waals surface area contributed by atoms with Crippen molar-refractivity contribution < 1.29 is 26.4 Å². The Kier molecular flexibility index (Phi) is 7.60. The van der Waals surface area contributed by atoms with Crippen LogP contribution in [0.15, 0.2) is 47.6 Å². The van der Waals surface area contributed by atoms with Gasteiger partial charge in [0.25, 0.3) is 10.0 Å². The van der Waals surface area contributed by atoms with E-state index >= 15 is 0 Å². The maximum absolute atomic E-state index is 13.0. The molecule has 32 heavy (non-hydrogen) atoms. The topological polar surface area (TPSA) is 100 Å². The number of halogens is 3. The third kappa shape index (κ3) is 6.59. The molecule has 1 fully saturated rings. The first-order valence-electron chi connectivity index (χ1n) is 10.4. The number of nitrogens with one attached hydrogen (secondary N) is 3. The number of alkyl halides is 3. The molecule has 0 radical (unpaired) electrons. The number of amides is 2. The maximum Gasteiger partial charge on any atom is 0.416 e. The van der Waals surface area contributed by atoms with Crippen LogP contribution < -0.4 is 15.4 Å². The van der Waals surface area contributed by atoms with E-state index in [9.17, 15) is 26.4 Å².